The smallest absolute Gasteiger partial charge is 0.335 e. The molecule has 0 aromatic heterocycles. The van der Waals surface area contributed by atoms with Crippen molar-refractivity contribution in [3.63, 3.8) is 0 Å². The van der Waals surface area contributed by atoms with Gasteiger partial charge in [-0.2, -0.15) is 0 Å². The van der Waals surface area contributed by atoms with Crippen molar-refractivity contribution in [2.75, 3.05) is 6.54 Å². The number of rotatable bonds is 5. The van der Waals surface area contributed by atoms with Gasteiger partial charge in [-0.3, -0.25) is 0 Å². The highest BCUT2D eigenvalue weighted by atomic mass is 32.2. The summed E-state index contributed by atoms with van der Waals surface area (Å²) >= 11 is 0. The fraction of sp³-hybridized carbons (Fsp3) is 0.364. The second-order valence-electron chi connectivity index (χ2n) is 4.25. The fourth-order valence-corrected chi connectivity index (χ4v) is 2.65. The SMILES string of the molecule is O=C(O)c1ccc(S(=O)(=O)NCC2CC2)c(F)c1. The van der Waals surface area contributed by atoms with Crippen molar-refractivity contribution in [1.82, 2.24) is 4.72 Å². The second kappa shape index (κ2) is 4.66. The standard InChI is InChI=1S/C11H12FNO4S/c12-9-5-8(11(14)15)3-4-10(9)18(16,17)13-6-7-1-2-7/h3-5,7,13H,1-2,6H2,(H,14,15). The molecular formula is C11H12FNO4S. The van der Waals surface area contributed by atoms with Gasteiger partial charge >= 0.3 is 5.97 Å². The molecule has 0 atom stereocenters. The van der Waals surface area contributed by atoms with E-state index in [-0.39, 0.29) is 5.56 Å². The summed E-state index contributed by atoms with van der Waals surface area (Å²) < 4.78 is 39.4. The van der Waals surface area contributed by atoms with Crippen LogP contribution >= 0.6 is 0 Å². The number of hydrogen-bond acceptors (Lipinski definition) is 3. The highest BCUT2D eigenvalue weighted by Gasteiger charge is 2.26. The Morgan fingerprint density at radius 3 is 2.61 bits per heavy atom. The lowest BCUT2D eigenvalue weighted by molar-refractivity contribution is 0.0696. The van der Waals surface area contributed by atoms with Gasteiger partial charge in [-0.15, -0.1) is 0 Å². The van der Waals surface area contributed by atoms with Gasteiger partial charge < -0.3 is 5.11 Å². The maximum atomic E-state index is 13.6. The summed E-state index contributed by atoms with van der Waals surface area (Å²) in [4.78, 5) is 10.1. The maximum Gasteiger partial charge on any atom is 0.335 e. The van der Waals surface area contributed by atoms with Gasteiger partial charge in [0.25, 0.3) is 0 Å². The molecule has 5 nitrogen and oxygen atoms in total. The number of carboxylic acid groups (broad SMARTS) is 1. The molecule has 1 aliphatic rings. The number of hydrogen-bond donors (Lipinski definition) is 2. The Hall–Kier alpha value is -1.47. The van der Waals surface area contributed by atoms with Crippen LogP contribution in [0.4, 0.5) is 4.39 Å². The average molecular weight is 273 g/mol. The van der Waals surface area contributed by atoms with E-state index in [1.807, 2.05) is 0 Å². The van der Waals surface area contributed by atoms with Gasteiger partial charge in [0.05, 0.1) is 5.56 Å². The molecule has 98 valence electrons. The fourth-order valence-electron chi connectivity index (χ4n) is 1.48. The molecule has 0 saturated heterocycles. The summed E-state index contributed by atoms with van der Waals surface area (Å²) in [7, 11) is -3.91. The number of carbonyl (C=O) groups is 1. The molecule has 0 radical (unpaired) electrons. The molecule has 2 rings (SSSR count). The Morgan fingerprint density at radius 1 is 1.44 bits per heavy atom. The molecule has 7 heteroatoms. The van der Waals surface area contributed by atoms with Crippen molar-refractivity contribution in [3.05, 3.63) is 29.6 Å². The second-order valence-corrected chi connectivity index (χ2v) is 5.98. The van der Waals surface area contributed by atoms with Crippen LogP contribution in [0.1, 0.15) is 23.2 Å². The van der Waals surface area contributed by atoms with Crippen molar-refractivity contribution < 1.29 is 22.7 Å². The Balaban J connectivity index is 2.23. The van der Waals surface area contributed by atoms with Crippen LogP contribution in [0.15, 0.2) is 23.1 Å². The largest absolute Gasteiger partial charge is 0.478 e. The molecule has 0 unspecified atom stereocenters. The van der Waals surface area contributed by atoms with Gasteiger partial charge in [-0.1, -0.05) is 0 Å². The van der Waals surface area contributed by atoms with E-state index in [1.54, 1.807) is 0 Å². The summed E-state index contributed by atoms with van der Waals surface area (Å²) in [6.45, 7) is 0.294. The maximum absolute atomic E-state index is 13.6. The predicted molar refractivity (Wildman–Crippen MR) is 61.3 cm³/mol. The van der Waals surface area contributed by atoms with E-state index in [0.717, 1.165) is 25.0 Å². The van der Waals surface area contributed by atoms with Crippen LogP contribution in [-0.4, -0.2) is 26.0 Å². The van der Waals surface area contributed by atoms with E-state index >= 15 is 0 Å². The minimum absolute atomic E-state index is 0.284. The van der Waals surface area contributed by atoms with Gasteiger partial charge in [0.2, 0.25) is 10.0 Å². The third-order valence-electron chi connectivity index (χ3n) is 2.73. The zero-order valence-corrected chi connectivity index (χ0v) is 10.2. The molecule has 0 heterocycles. The molecule has 1 aromatic rings. The lowest BCUT2D eigenvalue weighted by Gasteiger charge is -2.07. The van der Waals surface area contributed by atoms with Gasteiger partial charge in [-0.05, 0) is 37.0 Å². The molecule has 0 aliphatic heterocycles. The van der Waals surface area contributed by atoms with E-state index in [9.17, 15) is 17.6 Å². The molecule has 2 N–H and O–H groups in total. The minimum Gasteiger partial charge on any atom is -0.478 e. The zero-order chi connectivity index (χ0) is 13.3. The predicted octanol–water partition coefficient (Wildman–Crippen LogP) is 1.21. The van der Waals surface area contributed by atoms with Gasteiger partial charge in [0.1, 0.15) is 10.7 Å². The van der Waals surface area contributed by atoms with Gasteiger partial charge in [0.15, 0.2) is 0 Å². The van der Waals surface area contributed by atoms with Gasteiger partial charge in [-0.25, -0.2) is 22.3 Å². The third-order valence-corrected chi connectivity index (χ3v) is 4.18. The average Bonchev–Trinajstić information content (AvgIpc) is 3.09. The van der Waals surface area contributed by atoms with Gasteiger partial charge in [0, 0.05) is 6.54 Å². The van der Waals surface area contributed by atoms with Crippen molar-refractivity contribution in [3.8, 4) is 0 Å². The van der Waals surface area contributed by atoms with E-state index in [2.05, 4.69) is 4.72 Å². The quantitative estimate of drug-likeness (QED) is 0.844. The molecule has 1 aliphatic carbocycles. The van der Waals surface area contributed by atoms with Crippen molar-refractivity contribution in [2.45, 2.75) is 17.7 Å². The molecule has 0 bridgehead atoms. The topological polar surface area (TPSA) is 83.5 Å². The van der Waals surface area contributed by atoms with Crippen LogP contribution in [0.25, 0.3) is 0 Å². The number of sulfonamides is 1. The van der Waals surface area contributed by atoms with E-state index in [0.29, 0.717) is 18.5 Å². The Morgan fingerprint density at radius 2 is 2.11 bits per heavy atom. The normalized spacial score (nSPS) is 15.6. The number of benzene rings is 1. The van der Waals surface area contributed by atoms with Crippen molar-refractivity contribution >= 4 is 16.0 Å². The van der Waals surface area contributed by atoms with E-state index in [1.165, 1.54) is 0 Å². The first-order valence-electron chi connectivity index (χ1n) is 5.42. The summed E-state index contributed by atoms with van der Waals surface area (Å²) in [6.07, 6.45) is 1.95. The van der Waals surface area contributed by atoms with Crippen LogP contribution in [0, 0.1) is 11.7 Å². The van der Waals surface area contributed by atoms with Crippen LogP contribution in [0.3, 0.4) is 0 Å². The highest BCUT2D eigenvalue weighted by Crippen LogP contribution is 2.28. The molecular weight excluding hydrogens is 261 g/mol. The van der Waals surface area contributed by atoms with Crippen LogP contribution in [-0.2, 0) is 10.0 Å². The number of carboxylic acids is 1. The molecule has 0 spiro atoms. The van der Waals surface area contributed by atoms with E-state index in [4.69, 9.17) is 5.11 Å². The molecule has 18 heavy (non-hydrogen) atoms. The zero-order valence-electron chi connectivity index (χ0n) is 9.39. The van der Waals surface area contributed by atoms with Crippen molar-refractivity contribution in [2.24, 2.45) is 5.92 Å². The summed E-state index contributed by atoms with van der Waals surface area (Å²) in [5, 5.41) is 8.66. The first-order chi connectivity index (χ1) is 8.40. The first kappa shape index (κ1) is 13.0. The summed E-state index contributed by atoms with van der Waals surface area (Å²) in [5.41, 5.74) is -0.284. The lowest BCUT2D eigenvalue weighted by Crippen LogP contribution is -2.26. The molecule has 1 aromatic carbocycles. The van der Waals surface area contributed by atoms with Crippen LogP contribution in [0.5, 0.6) is 0 Å². The van der Waals surface area contributed by atoms with Crippen LogP contribution in [0.2, 0.25) is 0 Å². The molecule has 1 saturated carbocycles. The molecule has 1 fully saturated rings. The Labute approximate surface area is 104 Å². The monoisotopic (exact) mass is 273 g/mol. The number of aromatic carboxylic acids is 1. The number of nitrogens with one attached hydrogen (secondary N) is 1. The van der Waals surface area contributed by atoms with Crippen molar-refractivity contribution in [1.29, 1.82) is 0 Å². The third kappa shape index (κ3) is 2.85. The summed E-state index contributed by atoms with van der Waals surface area (Å²) in [6, 6.07) is 2.74. The minimum atomic E-state index is -3.91. The summed E-state index contributed by atoms with van der Waals surface area (Å²) in [5.74, 6) is -2.02. The lowest BCUT2D eigenvalue weighted by atomic mass is 10.2. The van der Waals surface area contributed by atoms with Crippen LogP contribution < -0.4 is 4.72 Å². The highest BCUT2D eigenvalue weighted by molar-refractivity contribution is 7.89. The molecule has 0 amide bonds. The first-order valence-corrected chi connectivity index (χ1v) is 6.91. The Bertz CT molecular complexity index is 581. The Kier molecular flexibility index (Phi) is 3.36. The number of halogens is 1. The van der Waals surface area contributed by atoms with E-state index < -0.39 is 26.7 Å².